The highest BCUT2D eigenvalue weighted by Crippen LogP contribution is 2.52. The van der Waals surface area contributed by atoms with Crippen LogP contribution in [-0.2, 0) is 41.7 Å². The number of esters is 1. The Hall–Kier alpha value is -5.00. The molecule has 14 nitrogen and oxygen atoms in total. The molecule has 0 N–H and O–H groups in total. The van der Waals surface area contributed by atoms with Crippen LogP contribution in [0.4, 0.5) is 0 Å². The van der Waals surface area contributed by atoms with Gasteiger partial charge in [0, 0.05) is 5.56 Å². The van der Waals surface area contributed by atoms with Gasteiger partial charge in [-0.05, 0) is 53.9 Å². The lowest BCUT2D eigenvalue weighted by Crippen LogP contribution is -2.12. The molecule has 4 rings (SSSR count). The predicted molar refractivity (Wildman–Crippen MR) is 184 cm³/mol. The second-order valence-corrected chi connectivity index (χ2v) is 15.6. The minimum absolute atomic E-state index is 0.00893. The minimum Gasteiger partial charge on any atom is -0.496 e. The third-order valence-corrected chi connectivity index (χ3v) is 8.21. The number of rotatable bonds is 14. The van der Waals surface area contributed by atoms with Crippen molar-refractivity contribution in [1.29, 1.82) is 0 Å². The van der Waals surface area contributed by atoms with Crippen molar-refractivity contribution in [2.45, 2.75) is 13.5 Å². The molecular formula is C33H34O14S3. The Morgan fingerprint density at radius 1 is 0.620 bits per heavy atom. The van der Waals surface area contributed by atoms with Gasteiger partial charge in [0.25, 0.3) is 0 Å². The molecule has 0 radical (unpaired) electrons. The highest BCUT2D eigenvalue weighted by atomic mass is 32.2. The zero-order valence-corrected chi connectivity index (χ0v) is 30.4. The van der Waals surface area contributed by atoms with E-state index in [4.69, 9.17) is 31.5 Å². The van der Waals surface area contributed by atoms with Gasteiger partial charge >= 0.3 is 36.3 Å². The molecule has 0 unspecified atom stereocenters. The molecule has 0 saturated heterocycles. The first-order chi connectivity index (χ1) is 23.3. The van der Waals surface area contributed by atoms with Crippen LogP contribution in [0.5, 0.6) is 34.5 Å². The van der Waals surface area contributed by atoms with Crippen LogP contribution >= 0.6 is 0 Å². The molecule has 0 aliphatic rings. The molecule has 268 valence electrons. The Bertz CT molecular complexity index is 2230. The van der Waals surface area contributed by atoms with Crippen molar-refractivity contribution in [2.75, 3.05) is 40.1 Å². The van der Waals surface area contributed by atoms with E-state index in [0.717, 1.165) is 31.4 Å². The van der Waals surface area contributed by atoms with Crippen molar-refractivity contribution in [3.05, 3.63) is 83.4 Å². The monoisotopic (exact) mass is 750 g/mol. The Balaban J connectivity index is 2.03. The number of hydrogen-bond donors (Lipinski definition) is 0. The summed E-state index contributed by atoms with van der Waals surface area (Å²) in [6.45, 7) is 1.81. The van der Waals surface area contributed by atoms with E-state index in [-0.39, 0.29) is 51.9 Å². The lowest BCUT2D eigenvalue weighted by atomic mass is 9.95. The molecule has 50 heavy (non-hydrogen) atoms. The lowest BCUT2D eigenvalue weighted by Gasteiger charge is -2.22. The molecule has 0 aliphatic heterocycles. The third kappa shape index (κ3) is 9.58. The molecule has 0 aliphatic carbocycles. The van der Waals surface area contributed by atoms with E-state index in [9.17, 15) is 30.0 Å². The highest BCUT2D eigenvalue weighted by Gasteiger charge is 2.30. The van der Waals surface area contributed by atoms with Crippen LogP contribution in [0, 0.1) is 6.92 Å². The van der Waals surface area contributed by atoms with Gasteiger partial charge in [-0.15, -0.1) is 0 Å². The van der Waals surface area contributed by atoms with Gasteiger partial charge in [0.2, 0.25) is 0 Å². The number of hydrogen-bond acceptors (Lipinski definition) is 14. The first-order valence-electron chi connectivity index (χ1n) is 14.3. The first-order valence-corrected chi connectivity index (χ1v) is 19.8. The molecule has 0 heterocycles. The largest absolute Gasteiger partial charge is 0.496 e. The van der Waals surface area contributed by atoms with E-state index in [0.29, 0.717) is 11.1 Å². The van der Waals surface area contributed by atoms with Crippen LogP contribution in [-0.4, -0.2) is 71.3 Å². The SMILES string of the molecule is COC(=O)c1cc(-c2c(OC)cc(-c3ccc(OS(C)(=O)=O)cc3)c(OC)c2OS(C)(=O)=O)cc(OS(C)(=O)=O)c1OCc1ccc(C)cc1. The second kappa shape index (κ2) is 14.9. The quantitative estimate of drug-likeness (QED) is 0.127. The summed E-state index contributed by atoms with van der Waals surface area (Å²) in [4.78, 5) is 13.2. The fourth-order valence-electron chi connectivity index (χ4n) is 4.79. The van der Waals surface area contributed by atoms with Crippen molar-refractivity contribution in [2.24, 2.45) is 0 Å². The molecule has 0 fully saturated rings. The van der Waals surface area contributed by atoms with Gasteiger partial charge in [0.1, 0.15) is 23.7 Å². The lowest BCUT2D eigenvalue weighted by molar-refractivity contribution is 0.0594. The van der Waals surface area contributed by atoms with Crippen LogP contribution in [0.1, 0.15) is 21.5 Å². The molecule has 4 aromatic rings. The van der Waals surface area contributed by atoms with Gasteiger partial charge in [-0.2, -0.15) is 25.3 Å². The van der Waals surface area contributed by atoms with E-state index in [1.807, 2.05) is 19.1 Å². The van der Waals surface area contributed by atoms with Gasteiger partial charge in [0.05, 0.1) is 45.7 Å². The number of carbonyl (C=O) groups is 1. The Labute approximate surface area is 290 Å². The number of carbonyl (C=O) groups excluding carboxylic acids is 1. The van der Waals surface area contributed by atoms with Crippen LogP contribution in [0.2, 0.25) is 0 Å². The van der Waals surface area contributed by atoms with E-state index in [1.54, 1.807) is 12.1 Å². The predicted octanol–water partition coefficient (Wildman–Crippen LogP) is 4.73. The molecule has 0 atom stereocenters. The number of methoxy groups -OCH3 is 3. The maximum atomic E-state index is 13.2. The summed E-state index contributed by atoms with van der Waals surface area (Å²) in [6.07, 6.45) is 2.49. The Morgan fingerprint density at radius 3 is 1.74 bits per heavy atom. The van der Waals surface area contributed by atoms with Crippen LogP contribution in [0.3, 0.4) is 0 Å². The Morgan fingerprint density at radius 2 is 1.22 bits per heavy atom. The summed E-state index contributed by atoms with van der Waals surface area (Å²) in [5.41, 5.74) is 1.98. The molecule has 0 bridgehead atoms. The minimum atomic E-state index is -4.28. The maximum Gasteiger partial charge on any atom is 0.341 e. The van der Waals surface area contributed by atoms with E-state index in [1.165, 1.54) is 56.7 Å². The second-order valence-electron chi connectivity index (χ2n) is 10.9. The first kappa shape index (κ1) is 37.8. The van der Waals surface area contributed by atoms with Crippen molar-refractivity contribution in [1.82, 2.24) is 0 Å². The van der Waals surface area contributed by atoms with E-state index < -0.39 is 47.8 Å². The van der Waals surface area contributed by atoms with E-state index in [2.05, 4.69) is 0 Å². The molecule has 0 amide bonds. The molecule has 4 aromatic carbocycles. The average Bonchev–Trinajstić information content (AvgIpc) is 3.02. The number of benzene rings is 4. The standard InChI is InChI=1S/C33H34O14S3/c1-20-8-10-21(11-9-20)19-44-30-26(33(34)43-4)16-23(17-28(30)46-49(6,37)38)29-27(41-2)18-25(31(42-3)32(29)47-50(7,39)40)22-12-14-24(15-13-22)45-48(5,35)36/h8-18H,19H2,1-7H3. The third-order valence-electron chi connectivity index (χ3n) is 6.77. The van der Waals surface area contributed by atoms with Crippen LogP contribution in [0.15, 0.2) is 66.7 Å². The topological polar surface area (TPSA) is 184 Å². The fourth-order valence-corrected chi connectivity index (χ4v) is 6.16. The maximum absolute atomic E-state index is 13.2. The van der Waals surface area contributed by atoms with Crippen molar-refractivity contribution >= 4 is 36.3 Å². The van der Waals surface area contributed by atoms with E-state index >= 15 is 0 Å². The van der Waals surface area contributed by atoms with Gasteiger partial charge in [-0.25, -0.2) is 4.79 Å². The summed E-state index contributed by atoms with van der Waals surface area (Å²) < 4.78 is 111. The molecular weight excluding hydrogens is 717 g/mol. The zero-order valence-electron chi connectivity index (χ0n) is 28.0. The average molecular weight is 751 g/mol. The zero-order chi connectivity index (χ0) is 37.0. The van der Waals surface area contributed by atoms with Crippen LogP contribution in [0.25, 0.3) is 22.3 Å². The summed E-state index contributed by atoms with van der Waals surface area (Å²) in [6, 6.07) is 17.0. The summed E-state index contributed by atoms with van der Waals surface area (Å²) >= 11 is 0. The van der Waals surface area contributed by atoms with Gasteiger partial charge in [0.15, 0.2) is 23.0 Å². The van der Waals surface area contributed by atoms with Crippen LogP contribution < -0.4 is 26.8 Å². The summed E-state index contributed by atoms with van der Waals surface area (Å²) in [5, 5.41) is 0. The van der Waals surface area contributed by atoms with Crippen molar-refractivity contribution in [3.63, 3.8) is 0 Å². The van der Waals surface area contributed by atoms with Gasteiger partial charge in [-0.3, -0.25) is 0 Å². The van der Waals surface area contributed by atoms with Crippen molar-refractivity contribution in [3.8, 4) is 56.8 Å². The smallest absolute Gasteiger partial charge is 0.341 e. The molecule has 0 aromatic heterocycles. The summed E-state index contributed by atoms with van der Waals surface area (Å²) in [7, 11) is -8.66. The highest BCUT2D eigenvalue weighted by molar-refractivity contribution is 7.86. The van der Waals surface area contributed by atoms with Crippen molar-refractivity contribution < 1.29 is 61.5 Å². The molecule has 0 spiro atoms. The molecule has 0 saturated carbocycles. The Kier molecular flexibility index (Phi) is 11.2. The molecule has 17 heteroatoms. The number of aryl methyl sites for hydroxylation is 1. The van der Waals surface area contributed by atoms with Gasteiger partial charge < -0.3 is 31.5 Å². The fraction of sp³-hybridized carbons (Fsp3) is 0.242. The van der Waals surface area contributed by atoms with Gasteiger partial charge in [-0.1, -0.05) is 42.0 Å². The number of ether oxygens (including phenoxy) is 4. The normalized spacial score (nSPS) is 11.7. The summed E-state index contributed by atoms with van der Waals surface area (Å²) in [5.74, 6) is -2.13.